The molecule has 5 rings (SSSR count). The van der Waals surface area contributed by atoms with Crippen molar-refractivity contribution in [2.24, 2.45) is 0 Å². The molecule has 3 aromatic rings. The molecule has 3 aromatic carbocycles. The Morgan fingerprint density at radius 2 is 1.45 bits per heavy atom. The number of anilines is 2. The van der Waals surface area contributed by atoms with E-state index in [0.717, 1.165) is 36.6 Å². The van der Waals surface area contributed by atoms with Crippen molar-refractivity contribution >= 4 is 35.0 Å². The average molecular weight is 458 g/mol. The van der Waals surface area contributed by atoms with Crippen LogP contribution >= 0.6 is 11.8 Å². The highest BCUT2D eigenvalue weighted by Gasteiger charge is 2.26. The monoisotopic (exact) mass is 457 g/mol. The first-order valence-corrected chi connectivity index (χ1v) is 12.4. The normalized spacial score (nSPS) is 15.5. The first-order chi connectivity index (χ1) is 16.2. The van der Waals surface area contributed by atoms with Crippen molar-refractivity contribution < 1.29 is 9.59 Å². The van der Waals surface area contributed by atoms with Crippen LogP contribution in [0.3, 0.4) is 0 Å². The third-order valence-corrected chi connectivity index (χ3v) is 7.40. The maximum atomic E-state index is 13.3. The van der Waals surface area contributed by atoms with E-state index in [1.54, 1.807) is 0 Å². The van der Waals surface area contributed by atoms with Crippen LogP contribution in [0.5, 0.6) is 0 Å². The molecule has 2 aliphatic rings. The Kier molecular flexibility index (Phi) is 6.35. The predicted molar refractivity (Wildman–Crippen MR) is 134 cm³/mol. The fourth-order valence-corrected chi connectivity index (χ4v) is 5.48. The van der Waals surface area contributed by atoms with Gasteiger partial charge in [0.25, 0.3) is 5.91 Å². The molecule has 0 saturated carbocycles. The number of thioether (sulfide) groups is 1. The van der Waals surface area contributed by atoms with Gasteiger partial charge in [0, 0.05) is 49.0 Å². The van der Waals surface area contributed by atoms with Gasteiger partial charge in [-0.2, -0.15) is 0 Å². The number of carbonyl (C=O) groups is 2. The lowest BCUT2D eigenvalue weighted by Crippen LogP contribution is -2.48. The number of para-hydroxylation sites is 2. The summed E-state index contributed by atoms with van der Waals surface area (Å²) in [5, 5.41) is 0. The minimum absolute atomic E-state index is 0.0461. The maximum absolute atomic E-state index is 13.3. The van der Waals surface area contributed by atoms with Crippen LogP contribution in [0.25, 0.3) is 0 Å². The lowest BCUT2D eigenvalue weighted by Gasteiger charge is -2.36. The minimum Gasteiger partial charge on any atom is -0.368 e. The van der Waals surface area contributed by atoms with E-state index in [0.29, 0.717) is 24.4 Å². The molecule has 6 heteroatoms. The highest BCUT2D eigenvalue weighted by molar-refractivity contribution is 8.00. The SMILES string of the molecule is O=C(c1ccccc1SCC(=O)N1CCc2ccccc21)N1CCN(c2ccccc2)CC1. The molecule has 1 saturated heterocycles. The molecule has 0 radical (unpaired) electrons. The number of fused-ring (bicyclic) bond motifs is 1. The first-order valence-electron chi connectivity index (χ1n) is 11.4. The fourth-order valence-electron chi connectivity index (χ4n) is 4.56. The molecule has 0 unspecified atom stereocenters. The molecule has 2 heterocycles. The van der Waals surface area contributed by atoms with Crippen molar-refractivity contribution in [1.82, 2.24) is 4.90 Å². The van der Waals surface area contributed by atoms with Gasteiger partial charge in [-0.15, -0.1) is 11.8 Å². The second-order valence-electron chi connectivity index (χ2n) is 8.32. The van der Waals surface area contributed by atoms with E-state index >= 15 is 0 Å². The molecule has 33 heavy (non-hydrogen) atoms. The number of hydrogen-bond donors (Lipinski definition) is 0. The zero-order valence-corrected chi connectivity index (χ0v) is 19.3. The Morgan fingerprint density at radius 3 is 2.27 bits per heavy atom. The second-order valence-corrected chi connectivity index (χ2v) is 9.34. The largest absolute Gasteiger partial charge is 0.368 e. The van der Waals surface area contributed by atoms with E-state index in [1.807, 2.05) is 70.5 Å². The van der Waals surface area contributed by atoms with Crippen molar-refractivity contribution in [2.45, 2.75) is 11.3 Å². The molecule has 0 N–H and O–H groups in total. The van der Waals surface area contributed by atoms with Crippen molar-refractivity contribution in [1.29, 1.82) is 0 Å². The number of rotatable bonds is 5. The summed E-state index contributed by atoms with van der Waals surface area (Å²) in [6, 6.07) is 26.1. The fraction of sp³-hybridized carbons (Fsp3) is 0.259. The van der Waals surface area contributed by atoms with Crippen molar-refractivity contribution in [3.8, 4) is 0 Å². The molecule has 2 amide bonds. The Morgan fingerprint density at radius 1 is 0.758 bits per heavy atom. The van der Waals surface area contributed by atoms with Gasteiger partial charge < -0.3 is 14.7 Å². The van der Waals surface area contributed by atoms with Gasteiger partial charge in [0.1, 0.15) is 0 Å². The molecule has 0 aliphatic carbocycles. The Balaban J connectivity index is 1.22. The number of benzene rings is 3. The van der Waals surface area contributed by atoms with Crippen molar-refractivity contribution in [3.63, 3.8) is 0 Å². The molecule has 168 valence electrons. The minimum atomic E-state index is 0.0461. The summed E-state index contributed by atoms with van der Waals surface area (Å²) in [5.41, 5.74) is 4.12. The zero-order valence-electron chi connectivity index (χ0n) is 18.5. The molecule has 5 nitrogen and oxygen atoms in total. The molecule has 0 spiro atoms. The summed E-state index contributed by atoms with van der Waals surface area (Å²) in [4.78, 5) is 33.3. The summed E-state index contributed by atoms with van der Waals surface area (Å²) < 4.78 is 0. The van der Waals surface area contributed by atoms with E-state index in [2.05, 4.69) is 23.1 Å². The summed E-state index contributed by atoms with van der Waals surface area (Å²) in [6.45, 7) is 3.74. The third kappa shape index (κ3) is 4.62. The van der Waals surface area contributed by atoms with Gasteiger partial charge in [0.15, 0.2) is 0 Å². The van der Waals surface area contributed by atoms with E-state index in [9.17, 15) is 9.59 Å². The summed E-state index contributed by atoms with van der Waals surface area (Å²) >= 11 is 1.46. The standard InChI is InChI=1S/C27H27N3O2S/c31-26(30-15-14-21-8-4-6-12-24(21)30)20-33-25-13-7-5-11-23(25)27(32)29-18-16-28(17-19-29)22-9-2-1-3-10-22/h1-13H,14-20H2. The highest BCUT2D eigenvalue weighted by atomic mass is 32.2. The van der Waals surface area contributed by atoms with Gasteiger partial charge in [0.2, 0.25) is 5.91 Å². The number of nitrogens with zero attached hydrogens (tertiary/aromatic N) is 3. The van der Waals surface area contributed by atoms with Gasteiger partial charge in [-0.1, -0.05) is 48.5 Å². The number of hydrogen-bond acceptors (Lipinski definition) is 4. The highest BCUT2D eigenvalue weighted by Crippen LogP contribution is 2.30. The van der Waals surface area contributed by atoms with Gasteiger partial charge in [-0.05, 0) is 42.3 Å². The zero-order chi connectivity index (χ0) is 22.6. The van der Waals surface area contributed by atoms with E-state index in [-0.39, 0.29) is 11.8 Å². The first kappa shape index (κ1) is 21.6. The summed E-state index contributed by atoms with van der Waals surface area (Å²) in [7, 11) is 0. The molecule has 0 aromatic heterocycles. The molecular weight excluding hydrogens is 430 g/mol. The van der Waals surface area contributed by atoms with Gasteiger partial charge in [-0.25, -0.2) is 0 Å². The Hall–Kier alpha value is -3.25. The summed E-state index contributed by atoms with van der Waals surface area (Å²) in [6.07, 6.45) is 0.899. The van der Waals surface area contributed by atoms with Crippen LogP contribution in [0.2, 0.25) is 0 Å². The van der Waals surface area contributed by atoms with Crippen LogP contribution in [0.1, 0.15) is 15.9 Å². The molecule has 0 bridgehead atoms. The topological polar surface area (TPSA) is 43.9 Å². The molecule has 2 aliphatic heterocycles. The van der Waals surface area contributed by atoms with Crippen LogP contribution in [-0.4, -0.2) is 55.2 Å². The number of amides is 2. The van der Waals surface area contributed by atoms with E-state index in [4.69, 9.17) is 0 Å². The van der Waals surface area contributed by atoms with Gasteiger partial charge in [-0.3, -0.25) is 9.59 Å². The molecule has 0 atom stereocenters. The van der Waals surface area contributed by atoms with Crippen LogP contribution in [0.15, 0.2) is 83.8 Å². The summed E-state index contributed by atoms with van der Waals surface area (Å²) in [5.74, 6) is 0.453. The van der Waals surface area contributed by atoms with Gasteiger partial charge in [0.05, 0.1) is 11.3 Å². The van der Waals surface area contributed by atoms with Gasteiger partial charge >= 0.3 is 0 Å². The van der Waals surface area contributed by atoms with Crippen molar-refractivity contribution in [3.05, 3.63) is 90.0 Å². The lowest BCUT2D eigenvalue weighted by atomic mass is 10.1. The number of piperazine rings is 1. The Bertz CT molecular complexity index is 1140. The number of carbonyl (C=O) groups excluding carboxylic acids is 2. The predicted octanol–water partition coefficient (Wildman–Crippen LogP) is 4.33. The second kappa shape index (κ2) is 9.71. The lowest BCUT2D eigenvalue weighted by molar-refractivity contribution is -0.116. The van der Waals surface area contributed by atoms with Crippen LogP contribution in [-0.2, 0) is 11.2 Å². The Labute approximate surface area is 199 Å². The van der Waals surface area contributed by atoms with E-state index < -0.39 is 0 Å². The van der Waals surface area contributed by atoms with Crippen LogP contribution < -0.4 is 9.80 Å². The maximum Gasteiger partial charge on any atom is 0.255 e. The molecule has 1 fully saturated rings. The quantitative estimate of drug-likeness (QED) is 0.535. The average Bonchev–Trinajstić information content (AvgIpc) is 3.32. The smallest absolute Gasteiger partial charge is 0.255 e. The third-order valence-electron chi connectivity index (χ3n) is 6.35. The van der Waals surface area contributed by atoms with Crippen molar-refractivity contribution in [2.75, 3.05) is 48.3 Å². The van der Waals surface area contributed by atoms with Crippen LogP contribution in [0.4, 0.5) is 11.4 Å². The molecular formula is C27H27N3O2S. The van der Waals surface area contributed by atoms with Crippen LogP contribution in [0, 0.1) is 0 Å². The van der Waals surface area contributed by atoms with E-state index in [1.165, 1.54) is 23.0 Å².